The van der Waals surface area contributed by atoms with Gasteiger partial charge in [0.2, 0.25) is 5.82 Å². The lowest BCUT2D eigenvalue weighted by molar-refractivity contribution is 0.432. The Kier molecular flexibility index (Phi) is 3.34. The van der Waals surface area contributed by atoms with E-state index >= 15 is 0 Å². The van der Waals surface area contributed by atoms with E-state index in [0.29, 0.717) is 11.7 Å². The van der Waals surface area contributed by atoms with Crippen molar-refractivity contribution in [1.29, 1.82) is 0 Å². The Labute approximate surface area is 138 Å². The van der Waals surface area contributed by atoms with Crippen LogP contribution < -0.4 is 0 Å². The first-order valence-corrected chi connectivity index (χ1v) is 7.74. The van der Waals surface area contributed by atoms with Gasteiger partial charge >= 0.3 is 0 Å². The number of aryl methyl sites for hydroxylation is 1. The molecule has 3 aromatic heterocycles. The SMILES string of the molecule is Cc1ccc(-c2nc(-c3ccc4c(c3)nnn4C(C)C)no2)cn1. The van der Waals surface area contributed by atoms with E-state index in [4.69, 9.17) is 4.52 Å². The van der Waals surface area contributed by atoms with E-state index in [-0.39, 0.29) is 6.04 Å². The molecule has 7 heteroatoms. The largest absolute Gasteiger partial charge is 0.334 e. The Bertz CT molecular complexity index is 1000. The van der Waals surface area contributed by atoms with Crippen LogP contribution in [0.2, 0.25) is 0 Å². The second kappa shape index (κ2) is 5.52. The highest BCUT2D eigenvalue weighted by Gasteiger charge is 2.13. The molecule has 0 aliphatic carbocycles. The number of rotatable bonds is 3. The zero-order chi connectivity index (χ0) is 16.7. The van der Waals surface area contributed by atoms with Crippen molar-refractivity contribution in [2.75, 3.05) is 0 Å². The van der Waals surface area contributed by atoms with Gasteiger partial charge < -0.3 is 4.52 Å². The summed E-state index contributed by atoms with van der Waals surface area (Å²) in [6.07, 6.45) is 1.73. The highest BCUT2D eigenvalue weighted by atomic mass is 16.5. The van der Waals surface area contributed by atoms with Crippen molar-refractivity contribution >= 4 is 11.0 Å². The van der Waals surface area contributed by atoms with Gasteiger partial charge in [-0.25, -0.2) is 4.68 Å². The predicted molar refractivity (Wildman–Crippen MR) is 89.2 cm³/mol. The molecule has 7 nitrogen and oxygen atoms in total. The minimum absolute atomic E-state index is 0.256. The minimum Gasteiger partial charge on any atom is -0.334 e. The highest BCUT2D eigenvalue weighted by Crippen LogP contribution is 2.25. The average molecular weight is 320 g/mol. The van der Waals surface area contributed by atoms with Crippen LogP contribution in [-0.4, -0.2) is 30.1 Å². The van der Waals surface area contributed by atoms with Gasteiger partial charge in [-0.2, -0.15) is 4.98 Å². The number of aromatic nitrogens is 6. The topological polar surface area (TPSA) is 82.5 Å². The maximum Gasteiger partial charge on any atom is 0.259 e. The third-order valence-corrected chi connectivity index (χ3v) is 3.80. The van der Waals surface area contributed by atoms with Crippen molar-refractivity contribution in [1.82, 2.24) is 30.1 Å². The lowest BCUT2D eigenvalue weighted by Crippen LogP contribution is -2.02. The molecule has 0 bridgehead atoms. The van der Waals surface area contributed by atoms with Crippen LogP contribution in [-0.2, 0) is 0 Å². The third kappa shape index (κ3) is 2.44. The smallest absolute Gasteiger partial charge is 0.259 e. The van der Waals surface area contributed by atoms with Crippen molar-refractivity contribution in [2.45, 2.75) is 26.8 Å². The molecule has 0 unspecified atom stereocenters. The standard InChI is InChI=1S/C17H16N6O/c1-10(2)23-15-7-6-12(8-14(15)20-22-23)16-19-17(24-21-16)13-5-4-11(3)18-9-13/h4-10H,1-3H3. The summed E-state index contributed by atoms with van der Waals surface area (Å²) < 4.78 is 7.25. The molecule has 120 valence electrons. The molecular weight excluding hydrogens is 304 g/mol. The first-order valence-electron chi connectivity index (χ1n) is 7.74. The van der Waals surface area contributed by atoms with Crippen LogP contribution in [0.15, 0.2) is 41.1 Å². The molecule has 0 spiro atoms. The van der Waals surface area contributed by atoms with E-state index in [1.807, 2.05) is 41.9 Å². The summed E-state index contributed by atoms with van der Waals surface area (Å²) in [5.41, 5.74) is 4.38. The number of fused-ring (bicyclic) bond motifs is 1. The summed E-state index contributed by atoms with van der Waals surface area (Å²) >= 11 is 0. The van der Waals surface area contributed by atoms with E-state index < -0.39 is 0 Å². The van der Waals surface area contributed by atoms with Crippen molar-refractivity contribution in [3.05, 3.63) is 42.2 Å². The van der Waals surface area contributed by atoms with E-state index in [2.05, 4.69) is 39.3 Å². The molecule has 3 heterocycles. The molecule has 0 saturated carbocycles. The zero-order valence-corrected chi connectivity index (χ0v) is 13.6. The van der Waals surface area contributed by atoms with Crippen LogP contribution in [0.25, 0.3) is 33.9 Å². The lowest BCUT2D eigenvalue weighted by Gasteiger charge is -2.04. The Morgan fingerprint density at radius 2 is 1.92 bits per heavy atom. The molecule has 0 atom stereocenters. The number of pyridine rings is 1. The van der Waals surface area contributed by atoms with Gasteiger partial charge in [-0.3, -0.25) is 4.98 Å². The second-order valence-corrected chi connectivity index (χ2v) is 5.94. The normalized spacial score (nSPS) is 11.5. The molecule has 4 aromatic rings. The molecular formula is C17H16N6O. The first kappa shape index (κ1) is 14.5. The summed E-state index contributed by atoms with van der Waals surface area (Å²) in [6.45, 7) is 6.08. The summed E-state index contributed by atoms with van der Waals surface area (Å²) in [7, 11) is 0. The molecule has 4 rings (SSSR count). The summed E-state index contributed by atoms with van der Waals surface area (Å²) in [5.74, 6) is 0.968. The number of hydrogen-bond acceptors (Lipinski definition) is 6. The van der Waals surface area contributed by atoms with Crippen LogP contribution >= 0.6 is 0 Å². The van der Waals surface area contributed by atoms with Crippen LogP contribution in [0.4, 0.5) is 0 Å². The van der Waals surface area contributed by atoms with Crippen molar-refractivity contribution in [3.8, 4) is 22.8 Å². The van der Waals surface area contributed by atoms with Gasteiger partial charge in [0.25, 0.3) is 5.89 Å². The summed E-state index contributed by atoms with van der Waals surface area (Å²) in [6, 6.07) is 9.93. The zero-order valence-electron chi connectivity index (χ0n) is 13.6. The fraction of sp³-hybridized carbons (Fsp3) is 0.235. The van der Waals surface area contributed by atoms with Gasteiger partial charge in [0.1, 0.15) is 5.52 Å². The maximum atomic E-state index is 5.36. The number of hydrogen-bond donors (Lipinski definition) is 0. The van der Waals surface area contributed by atoms with E-state index in [1.54, 1.807) is 6.20 Å². The van der Waals surface area contributed by atoms with Gasteiger partial charge in [-0.1, -0.05) is 10.4 Å². The third-order valence-electron chi connectivity index (χ3n) is 3.80. The summed E-state index contributed by atoms with van der Waals surface area (Å²) in [5, 5.41) is 12.5. The van der Waals surface area contributed by atoms with Crippen molar-refractivity contribution in [2.24, 2.45) is 0 Å². The Morgan fingerprint density at radius 3 is 2.67 bits per heavy atom. The van der Waals surface area contributed by atoms with Gasteiger partial charge in [0.05, 0.1) is 11.1 Å². The Hall–Kier alpha value is -3.09. The van der Waals surface area contributed by atoms with Crippen molar-refractivity contribution in [3.63, 3.8) is 0 Å². The lowest BCUT2D eigenvalue weighted by atomic mass is 10.2. The minimum atomic E-state index is 0.256. The molecule has 24 heavy (non-hydrogen) atoms. The van der Waals surface area contributed by atoms with Gasteiger partial charge in [0.15, 0.2) is 0 Å². The van der Waals surface area contributed by atoms with E-state index in [0.717, 1.165) is 27.9 Å². The van der Waals surface area contributed by atoms with Crippen LogP contribution in [0.5, 0.6) is 0 Å². The van der Waals surface area contributed by atoms with Gasteiger partial charge in [-0.05, 0) is 51.1 Å². The molecule has 0 aliphatic heterocycles. The molecule has 0 radical (unpaired) electrons. The fourth-order valence-electron chi connectivity index (χ4n) is 2.51. The fourth-order valence-corrected chi connectivity index (χ4v) is 2.51. The number of nitrogens with zero attached hydrogens (tertiary/aromatic N) is 6. The van der Waals surface area contributed by atoms with Crippen molar-refractivity contribution < 1.29 is 4.52 Å². The Balaban J connectivity index is 1.71. The number of benzene rings is 1. The molecule has 0 fully saturated rings. The monoisotopic (exact) mass is 320 g/mol. The van der Waals surface area contributed by atoms with Crippen LogP contribution in [0.1, 0.15) is 25.6 Å². The molecule has 0 aliphatic rings. The molecule has 0 saturated heterocycles. The van der Waals surface area contributed by atoms with E-state index in [9.17, 15) is 0 Å². The molecule has 0 N–H and O–H groups in total. The average Bonchev–Trinajstić information content (AvgIpc) is 3.22. The van der Waals surface area contributed by atoms with Gasteiger partial charge in [0, 0.05) is 23.5 Å². The predicted octanol–water partition coefficient (Wildman–Crippen LogP) is 3.43. The van der Waals surface area contributed by atoms with E-state index in [1.165, 1.54) is 0 Å². The maximum absolute atomic E-state index is 5.36. The quantitative estimate of drug-likeness (QED) is 0.575. The summed E-state index contributed by atoms with van der Waals surface area (Å²) in [4.78, 5) is 8.71. The molecule has 1 aromatic carbocycles. The molecule has 0 amide bonds. The van der Waals surface area contributed by atoms with Crippen LogP contribution in [0.3, 0.4) is 0 Å². The van der Waals surface area contributed by atoms with Gasteiger partial charge in [-0.15, -0.1) is 5.10 Å². The first-order chi connectivity index (χ1) is 11.6. The Morgan fingerprint density at radius 1 is 1.08 bits per heavy atom. The highest BCUT2D eigenvalue weighted by molar-refractivity contribution is 5.80. The second-order valence-electron chi connectivity index (χ2n) is 5.94. The van der Waals surface area contributed by atoms with Crippen LogP contribution in [0, 0.1) is 6.92 Å².